The number of nitrogens with one attached hydrogen (secondary N) is 1. The smallest absolute Gasteiger partial charge is 0.357 e. The van der Waals surface area contributed by atoms with Gasteiger partial charge in [0.1, 0.15) is 22.6 Å². The average Bonchev–Trinajstić information content (AvgIpc) is 3.11. The first kappa shape index (κ1) is 18.5. The van der Waals surface area contributed by atoms with Crippen molar-refractivity contribution in [3.8, 4) is 5.75 Å². The lowest BCUT2D eigenvalue weighted by atomic mass is 10.1. The van der Waals surface area contributed by atoms with Gasteiger partial charge in [-0.05, 0) is 31.2 Å². The molecule has 4 aromatic rings. The third kappa shape index (κ3) is 3.62. The van der Waals surface area contributed by atoms with Crippen molar-refractivity contribution >= 4 is 39.5 Å². The van der Waals surface area contributed by atoms with Crippen LogP contribution in [0.3, 0.4) is 0 Å². The van der Waals surface area contributed by atoms with Crippen molar-refractivity contribution in [3.05, 3.63) is 66.5 Å². The molecule has 7 nitrogen and oxygen atoms in total. The van der Waals surface area contributed by atoms with E-state index in [1.54, 1.807) is 24.3 Å². The number of esters is 1. The molecule has 4 rings (SSSR count). The minimum absolute atomic E-state index is 0.133. The zero-order valence-electron chi connectivity index (χ0n) is 15.8. The maximum atomic E-state index is 12.6. The molecule has 2 aromatic heterocycles. The second-order valence-corrected chi connectivity index (χ2v) is 6.40. The molecule has 1 N–H and O–H groups in total. The standard InChI is InChI=1S/C22H18N2O5/c1-13(28-22(26)16-8-5-6-10-23-16)21(25)24-17-12-19-15(11-20(17)27-2)14-7-3-4-9-18(14)29-19/h3-13H,1-2H3,(H,24,25)/t13-/m0/s1. The highest BCUT2D eigenvalue weighted by Gasteiger charge is 2.21. The number of carbonyl (C=O) groups is 2. The van der Waals surface area contributed by atoms with Crippen LogP contribution in [0.1, 0.15) is 17.4 Å². The summed E-state index contributed by atoms with van der Waals surface area (Å²) in [6.45, 7) is 1.49. The van der Waals surface area contributed by atoms with E-state index in [1.807, 2.05) is 24.3 Å². The molecule has 0 saturated heterocycles. The highest BCUT2D eigenvalue weighted by Crippen LogP contribution is 2.36. The molecular formula is C22H18N2O5. The number of aromatic nitrogens is 1. The minimum atomic E-state index is -1.03. The fourth-order valence-corrected chi connectivity index (χ4v) is 3.01. The predicted molar refractivity (Wildman–Crippen MR) is 108 cm³/mol. The first-order valence-electron chi connectivity index (χ1n) is 8.99. The third-order valence-corrected chi connectivity index (χ3v) is 4.48. The lowest BCUT2D eigenvalue weighted by molar-refractivity contribution is -0.123. The SMILES string of the molecule is COc1cc2c(cc1NC(=O)[C@H](C)OC(=O)c1ccccn1)oc1ccccc12. The number of benzene rings is 2. The normalized spacial score (nSPS) is 11.9. The molecule has 7 heteroatoms. The van der Waals surface area contributed by atoms with Crippen molar-refractivity contribution in [1.82, 2.24) is 4.98 Å². The van der Waals surface area contributed by atoms with Crippen LogP contribution in [0.4, 0.5) is 5.69 Å². The van der Waals surface area contributed by atoms with Crippen LogP contribution in [0.5, 0.6) is 5.75 Å². The Hall–Kier alpha value is -3.87. The van der Waals surface area contributed by atoms with E-state index >= 15 is 0 Å². The second kappa shape index (κ2) is 7.63. The monoisotopic (exact) mass is 390 g/mol. The second-order valence-electron chi connectivity index (χ2n) is 6.40. The number of ether oxygens (including phenoxy) is 2. The van der Waals surface area contributed by atoms with E-state index in [1.165, 1.54) is 26.3 Å². The Morgan fingerprint density at radius 3 is 2.59 bits per heavy atom. The van der Waals surface area contributed by atoms with E-state index in [0.29, 0.717) is 17.0 Å². The van der Waals surface area contributed by atoms with Gasteiger partial charge < -0.3 is 19.2 Å². The maximum Gasteiger partial charge on any atom is 0.357 e. The van der Waals surface area contributed by atoms with E-state index in [0.717, 1.165) is 16.4 Å². The van der Waals surface area contributed by atoms with Crippen molar-refractivity contribution in [2.24, 2.45) is 0 Å². The largest absolute Gasteiger partial charge is 0.495 e. The van der Waals surface area contributed by atoms with Crippen LogP contribution >= 0.6 is 0 Å². The molecule has 0 aliphatic carbocycles. The summed E-state index contributed by atoms with van der Waals surface area (Å²) in [5, 5.41) is 4.57. The molecule has 0 saturated carbocycles. The molecule has 0 aliphatic rings. The molecule has 0 spiro atoms. The van der Waals surface area contributed by atoms with Crippen molar-refractivity contribution in [1.29, 1.82) is 0 Å². The Morgan fingerprint density at radius 1 is 1.03 bits per heavy atom. The summed E-state index contributed by atoms with van der Waals surface area (Å²) in [7, 11) is 1.52. The number of hydrogen-bond acceptors (Lipinski definition) is 6. The van der Waals surface area contributed by atoms with E-state index in [4.69, 9.17) is 13.9 Å². The van der Waals surface area contributed by atoms with Gasteiger partial charge in [-0.1, -0.05) is 24.3 Å². The van der Waals surface area contributed by atoms with Gasteiger partial charge in [0.05, 0.1) is 12.8 Å². The molecule has 1 atom stereocenters. The van der Waals surface area contributed by atoms with Crippen LogP contribution in [0.25, 0.3) is 21.9 Å². The number of pyridine rings is 1. The summed E-state index contributed by atoms with van der Waals surface area (Å²) >= 11 is 0. The van der Waals surface area contributed by atoms with Gasteiger partial charge in [0.25, 0.3) is 5.91 Å². The number of fused-ring (bicyclic) bond motifs is 3. The molecular weight excluding hydrogens is 372 g/mol. The molecule has 29 heavy (non-hydrogen) atoms. The molecule has 0 radical (unpaired) electrons. The Bertz CT molecular complexity index is 1200. The van der Waals surface area contributed by atoms with Crippen LogP contribution < -0.4 is 10.1 Å². The van der Waals surface area contributed by atoms with Crippen molar-refractivity contribution in [2.75, 3.05) is 12.4 Å². The van der Waals surface area contributed by atoms with Crippen LogP contribution in [0, 0.1) is 0 Å². The molecule has 2 heterocycles. The van der Waals surface area contributed by atoms with Gasteiger partial charge in [-0.15, -0.1) is 0 Å². The van der Waals surface area contributed by atoms with Crippen LogP contribution in [0.15, 0.2) is 65.2 Å². The number of carbonyl (C=O) groups excluding carboxylic acids is 2. The van der Waals surface area contributed by atoms with Gasteiger partial charge in [-0.2, -0.15) is 0 Å². The van der Waals surface area contributed by atoms with Crippen LogP contribution in [-0.4, -0.2) is 30.1 Å². The quantitative estimate of drug-likeness (QED) is 0.514. The van der Waals surface area contributed by atoms with Gasteiger partial charge in [0.2, 0.25) is 0 Å². The van der Waals surface area contributed by atoms with Gasteiger partial charge in [0, 0.05) is 23.0 Å². The fraction of sp³-hybridized carbons (Fsp3) is 0.136. The number of para-hydroxylation sites is 1. The summed E-state index contributed by atoms with van der Waals surface area (Å²) in [5.74, 6) is -0.698. The average molecular weight is 390 g/mol. The zero-order valence-corrected chi connectivity index (χ0v) is 15.8. The number of furan rings is 1. The van der Waals surface area contributed by atoms with Crippen LogP contribution in [0.2, 0.25) is 0 Å². The highest BCUT2D eigenvalue weighted by molar-refractivity contribution is 6.08. The van der Waals surface area contributed by atoms with Gasteiger partial charge >= 0.3 is 5.97 Å². The van der Waals surface area contributed by atoms with Gasteiger partial charge in [0.15, 0.2) is 6.10 Å². The number of hydrogen-bond donors (Lipinski definition) is 1. The minimum Gasteiger partial charge on any atom is -0.495 e. The molecule has 0 aliphatic heterocycles. The van der Waals surface area contributed by atoms with E-state index in [2.05, 4.69) is 10.3 Å². The zero-order chi connectivity index (χ0) is 20.4. The molecule has 146 valence electrons. The summed E-state index contributed by atoms with van der Waals surface area (Å²) in [6, 6.07) is 16.0. The Kier molecular flexibility index (Phi) is 4.87. The number of nitrogens with zero attached hydrogens (tertiary/aromatic N) is 1. The maximum absolute atomic E-state index is 12.6. The third-order valence-electron chi connectivity index (χ3n) is 4.48. The Balaban J connectivity index is 1.57. The number of methoxy groups -OCH3 is 1. The first-order valence-corrected chi connectivity index (χ1v) is 8.99. The molecule has 1 amide bonds. The Labute approximate surface area is 166 Å². The summed E-state index contributed by atoms with van der Waals surface area (Å²) in [4.78, 5) is 28.6. The lowest BCUT2D eigenvalue weighted by Gasteiger charge is -2.15. The van der Waals surface area contributed by atoms with Crippen molar-refractivity contribution in [2.45, 2.75) is 13.0 Å². The molecule has 2 aromatic carbocycles. The lowest BCUT2D eigenvalue weighted by Crippen LogP contribution is -2.30. The predicted octanol–water partition coefficient (Wildman–Crippen LogP) is 4.17. The number of amides is 1. The van der Waals surface area contributed by atoms with Gasteiger partial charge in [-0.25, -0.2) is 9.78 Å². The van der Waals surface area contributed by atoms with E-state index in [9.17, 15) is 9.59 Å². The van der Waals surface area contributed by atoms with Crippen molar-refractivity contribution < 1.29 is 23.5 Å². The highest BCUT2D eigenvalue weighted by atomic mass is 16.5. The van der Waals surface area contributed by atoms with Crippen LogP contribution in [-0.2, 0) is 9.53 Å². The van der Waals surface area contributed by atoms with Crippen molar-refractivity contribution in [3.63, 3.8) is 0 Å². The fourth-order valence-electron chi connectivity index (χ4n) is 3.01. The Morgan fingerprint density at radius 2 is 1.83 bits per heavy atom. The topological polar surface area (TPSA) is 90.7 Å². The molecule has 0 bridgehead atoms. The molecule has 0 unspecified atom stereocenters. The number of anilines is 1. The van der Waals surface area contributed by atoms with E-state index < -0.39 is 18.0 Å². The van der Waals surface area contributed by atoms with E-state index in [-0.39, 0.29) is 5.69 Å². The summed E-state index contributed by atoms with van der Waals surface area (Å²) in [6.07, 6.45) is 0.454. The summed E-state index contributed by atoms with van der Waals surface area (Å²) < 4.78 is 16.5. The van der Waals surface area contributed by atoms with Gasteiger partial charge in [-0.3, -0.25) is 4.79 Å². The summed E-state index contributed by atoms with van der Waals surface area (Å²) in [5.41, 5.74) is 1.91. The molecule has 0 fully saturated rings. The first-order chi connectivity index (χ1) is 14.1. The number of rotatable bonds is 5.